The molecule has 0 radical (unpaired) electrons. The van der Waals surface area contributed by atoms with Crippen LogP contribution in [0.4, 0.5) is 11.4 Å². The second-order valence-electron chi connectivity index (χ2n) is 6.53. The molecule has 8 heteroatoms. The normalized spacial score (nSPS) is 11.8. The molecular formula is C20H18N4O4. The lowest BCUT2D eigenvalue weighted by Gasteiger charge is -2.08. The molecule has 0 fully saturated rings. The highest BCUT2D eigenvalue weighted by Crippen LogP contribution is 2.31. The zero-order valence-electron chi connectivity index (χ0n) is 15.2. The van der Waals surface area contributed by atoms with Crippen LogP contribution in [0.2, 0.25) is 0 Å². The second kappa shape index (κ2) is 6.28. The van der Waals surface area contributed by atoms with Gasteiger partial charge in [-0.05, 0) is 6.92 Å². The van der Waals surface area contributed by atoms with Gasteiger partial charge in [-0.3, -0.25) is 24.4 Å². The van der Waals surface area contributed by atoms with Crippen molar-refractivity contribution < 1.29 is 4.74 Å². The minimum atomic E-state index is -0.522. The number of benzene rings is 3. The summed E-state index contributed by atoms with van der Waals surface area (Å²) in [5.41, 5.74) is 10.7. The Morgan fingerprint density at radius 1 is 0.929 bits per heavy atom. The van der Waals surface area contributed by atoms with E-state index in [1.165, 1.54) is 4.57 Å². The van der Waals surface area contributed by atoms with Crippen LogP contribution in [-0.4, -0.2) is 17.8 Å². The van der Waals surface area contributed by atoms with Crippen LogP contribution in [0.1, 0.15) is 6.92 Å². The van der Waals surface area contributed by atoms with Crippen molar-refractivity contribution >= 4 is 43.7 Å². The van der Waals surface area contributed by atoms with Crippen LogP contribution in [-0.2, 0) is 11.3 Å². The molecule has 0 aliphatic heterocycles. The van der Waals surface area contributed by atoms with E-state index in [1.54, 1.807) is 24.3 Å². The predicted molar refractivity (Wildman–Crippen MR) is 109 cm³/mol. The fraction of sp³-hybridized carbons (Fsp3) is 0.200. The van der Waals surface area contributed by atoms with Gasteiger partial charge in [-0.2, -0.15) is 0 Å². The molecule has 5 N–H and O–H groups in total. The maximum absolute atomic E-state index is 13.0. The van der Waals surface area contributed by atoms with Crippen molar-refractivity contribution in [2.45, 2.75) is 13.5 Å². The van der Waals surface area contributed by atoms with Crippen LogP contribution in [0.5, 0.6) is 0 Å². The zero-order valence-corrected chi connectivity index (χ0v) is 15.2. The summed E-state index contributed by atoms with van der Waals surface area (Å²) in [6, 6.07) is 6.40. The van der Waals surface area contributed by atoms with Gasteiger partial charge in [-0.1, -0.05) is 24.3 Å². The first-order valence-corrected chi connectivity index (χ1v) is 8.81. The number of rotatable bonds is 4. The number of aromatic nitrogens is 1. The smallest absolute Gasteiger partial charge is 0.262 e. The summed E-state index contributed by atoms with van der Waals surface area (Å²) >= 11 is 0. The molecule has 0 atom stereocenters. The van der Waals surface area contributed by atoms with Crippen molar-refractivity contribution in [1.29, 1.82) is 5.41 Å². The molecule has 0 amide bonds. The molecule has 0 unspecified atom stereocenters. The van der Waals surface area contributed by atoms with E-state index >= 15 is 0 Å². The van der Waals surface area contributed by atoms with Crippen LogP contribution >= 0.6 is 0 Å². The van der Waals surface area contributed by atoms with E-state index in [0.29, 0.717) is 6.61 Å². The minimum absolute atomic E-state index is 0.00159. The first kappa shape index (κ1) is 17.9. The third kappa shape index (κ3) is 2.21. The first-order valence-electron chi connectivity index (χ1n) is 8.81. The number of nitrogens with zero attached hydrogens (tertiary/aromatic N) is 1. The summed E-state index contributed by atoms with van der Waals surface area (Å²) in [5.74, 6) is 0. The monoisotopic (exact) mass is 378 g/mol. The van der Waals surface area contributed by atoms with Crippen LogP contribution < -0.4 is 33.4 Å². The number of anilines is 2. The molecule has 142 valence electrons. The Hall–Kier alpha value is -3.52. The summed E-state index contributed by atoms with van der Waals surface area (Å²) < 4.78 is 6.46. The van der Waals surface area contributed by atoms with Gasteiger partial charge in [-0.15, -0.1) is 0 Å². The van der Waals surface area contributed by atoms with Crippen LogP contribution in [0.15, 0.2) is 38.6 Å². The third-order valence-electron chi connectivity index (χ3n) is 5.08. The molecule has 4 aromatic rings. The van der Waals surface area contributed by atoms with Crippen LogP contribution in [0, 0.1) is 5.41 Å². The van der Waals surface area contributed by atoms with E-state index in [-0.39, 0.29) is 62.3 Å². The standard InChI is InChI=1S/C20H18N4O4/c1-2-28-8-7-24-19(23)13-14(20(24)27)16(22)12-11(15(13)21)17(25)9-5-3-4-6-10(9)18(12)26/h3-6,23H,2,7-8,21-22H2,1H3. The van der Waals surface area contributed by atoms with Gasteiger partial charge in [0, 0.05) is 17.4 Å². The molecule has 0 aliphatic carbocycles. The van der Waals surface area contributed by atoms with E-state index < -0.39 is 16.4 Å². The summed E-state index contributed by atoms with van der Waals surface area (Å²) in [4.78, 5) is 38.9. The Morgan fingerprint density at radius 3 is 2.00 bits per heavy atom. The molecular weight excluding hydrogens is 360 g/mol. The third-order valence-corrected chi connectivity index (χ3v) is 5.08. The topological polar surface area (TPSA) is 141 Å². The second-order valence-corrected chi connectivity index (χ2v) is 6.53. The molecule has 8 nitrogen and oxygen atoms in total. The number of hydrogen-bond acceptors (Lipinski definition) is 7. The SMILES string of the molecule is CCOCCn1c(=N)c2c(N)c3c(=O)c4ccccc4c(=O)c3c(N)c2c1=O. The van der Waals surface area contributed by atoms with Crippen molar-refractivity contribution in [2.24, 2.45) is 0 Å². The maximum Gasteiger partial charge on any atom is 0.262 e. The highest BCUT2D eigenvalue weighted by Gasteiger charge is 2.23. The van der Waals surface area contributed by atoms with E-state index in [0.717, 1.165) is 0 Å². The van der Waals surface area contributed by atoms with Crippen molar-refractivity contribution in [1.82, 2.24) is 4.57 Å². The lowest BCUT2D eigenvalue weighted by atomic mass is 9.97. The van der Waals surface area contributed by atoms with Crippen LogP contribution in [0.25, 0.3) is 32.3 Å². The van der Waals surface area contributed by atoms with Gasteiger partial charge < -0.3 is 16.2 Å². The number of hydrogen-bond donors (Lipinski definition) is 3. The minimum Gasteiger partial charge on any atom is -0.397 e. The molecule has 0 saturated carbocycles. The van der Waals surface area contributed by atoms with E-state index in [4.69, 9.17) is 21.6 Å². The molecule has 0 aliphatic rings. The lowest BCUT2D eigenvalue weighted by molar-refractivity contribution is 0.137. The average Bonchev–Trinajstić information content (AvgIpc) is 2.94. The summed E-state index contributed by atoms with van der Waals surface area (Å²) in [7, 11) is 0. The number of ether oxygens (including phenoxy) is 1. The maximum atomic E-state index is 13.0. The number of nitrogen functional groups attached to an aromatic ring is 2. The summed E-state index contributed by atoms with van der Waals surface area (Å²) in [6.45, 7) is 2.68. The Kier molecular flexibility index (Phi) is 4.01. The highest BCUT2D eigenvalue weighted by molar-refractivity contribution is 6.20. The van der Waals surface area contributed by atoms with Gasteiger partial charge in [0.1, 0.15) is 5.49 Å². The molecule has 3 aromatic carbocycles. The fourth-order valence-corrected chi connectivity index (χ4v) is 3.76. The number of nitrogens with one attached hydrogen (secondary N) is 1. The highest BCUT2D eigenvalue weighted by atomic mass is 16.5. The molecule has 1 heterocycles. The van der Waals surface area contributed by atoms with Gasteiger partial charge in [0.05, 0.1) is 46.1 Å². The number of fused-ring (bicyclic) bond motifs is 3. The average molecular weight is 378 g/mol. The van der Waals surface area contributed by atoms with Crippen molar-refractivity contribution in [3.8, 4) is 0 Å². The summed E-state index contributed by atoms with van der Waals surface area (Å²) in [6.07, 6.45) is 0. The summed E-state index contributed by atoms with van der Waals surface area (Å²) in [5, 5.41) is 8.83. The predicted octanol–water partition coefficient (Wildman–Crippen LogP) is 0.584. The first-order chi connectivity index (χ1) is 13.4. The molecule has 1 aromatic heterocycles. The van der Waals surface area contributed by atoms with Gasteiger partial charge >= 0.3 is 0 Å². The van der Waals surface area contributed by atoms with E-state index in [2.05, 4.69) is 0 Å². The largest absolute Gasteiger partial charge is 0.397 e. The molecule has 0 bridgehead atoms. The van der Waals surface area contributed by atoms with Gasteiger partial charge in [0.25, 0.3) is 5.56 Å². The molecule has 0 saturated heterocycles. The lowest BCUT2D eigenvalue weighted by Crippen LogP contribution is -2.27. The number of nitrogens with two attached hydrogens (primary N) is 2. The van der Waals surface area contributed by atoms with Gasteiger partial charge in [0.2, 0.25) is 0 Å². The quantitative estimate of drug-likeness (QED) is 0.205. The van der Waals surface area contributed by atoms with E-state index in [1.807, 2.05) is 6.92 Å². The molecule has 4 rings (SSSR count). The molecule has 28 heavy (non-hydrogen) atoms. The Balaban J connectivity index is 2.25. The van der Waals surface area contributed by atoms with E-state index in [9.17, 15) is 14.4 Å². The van der Waals surface area contributed by atoms with Gasteiger partial charge in [-0.25, -0.2) is 0 Å². The Bertz CT molecular complexity index is 1370. The Labute approximate surface area is 157 Å². The fourth-order valence-electron chi connectivity index (χ4n) is 3.76. The zero-order chi connectivity index (χ0) is 20.2. The molecule has 0 spiro atoms. The van der Waals surface area contributed by atoms with Gasteiger partial charge in [0.15, 0.2) is 10.9 Å². The Morgan fingerprint density at radius 2 is 1.46 bits per heavy atom. The van der Waals surface area contributed by atoms with Crippen LogP contribution in [0.3, 0.4) is 0 Å². The van der Waals surface area contributed by atoms with Crippen molar-refractivity contribution in [3.05, 3.63) is 60.6 Å². The van der Waals surface area contributed by atoms with Crippen molar-refractivity contribution in [2.75, 3.05) is 24.7 Å². The van der Waals surface area contributed by atoms with Crippen molar-refractivity contribution in [3.63, 3.8) is 0 Å².